The fraction of sp³-hybridized carbons (Fsp3) is 0.267. The van der Waals surface area contributed by atoms with Gasteiger partial charge in [0.15, 0.2) is 0 Å². The van der Waals surface area contributed by atoms with Crippen molar-refractivity contribution in [3.05, 3.63) is 52.3 Å². The number of pyridine rings is 1. The monoisotopic (exact) mass is 334 g/mol. The highest BCUT2D eigenvalue weighted by Gasteiger charge is 2.28. The summed E-state index contributed by atoms with van der Waals surface area (Å²) in [5.41, 5.74) is 8.13. The Kier molecular flexibility index (Phi) is 3.63. The summed E-state index contributed by atoms with van der Waals surface area (Å²) in [6, 6.07) is 9.55. The standard InChI is InChI=1S/C15H15BrN2O2/c1-19-10-3-5-14-11(6-10)12(17)7-15(20-14)13-4-2-9(16)8-18-13/h2-6,8,12,15H,7,17H2,1H3/t12-,15?/m1/s1. The number of hydrogen-bond acceptors (Lipinski definition) is 4. The Morgan fingerprint density at radius 2 is 2.20 bits per heavy atom. The molecule has 0 amide bonds. The molecule has 0 saturated carbocycles. The number of methoxy groups -OCH3 is 1. The second-order valence-electron chi connectivity index (χ2n) is 4.75. The van der Waals surface area contributed by atoms with E-state index in [0.717, 1.165) is 27.2 Å². The van der Waals surface area contributed by atoms with E-state index in [0.29, 0.717) is 6.42 Å². The molecule has 2 heterocycles. The third-order valence-electron chi connectivity index (χ3n) is 3.43. The number of nitrogens with two attached hydrogens (primary N) is 1. The molecule has 0 radical (unpaired) electrons. The molecule has 2 N–H and O–H groups in total. The molecular weight excluding hydrogens is 320 g/mol. The summed E-state index contributed by atoms with van der Waals surface area (Å²) < 4.78 is 12.2. The molecule has 1 aromatic carbocycles. The molecular formula is C15H15BrN2O2. The average Bonchev–Trinajstić information content (AvgIpc) is 2.47. The van der Waals surface area contributed by atoms with Crippen molar-refractivity contribution in [2.45, 2.75) is 18.6 Å². The van der Waals surface area contributed by atoms with Crippen LogP contribution in [0.1, 0.15) is 29.8 Å². The molecule has 1 aromatic heterocycles. The van der Waals surface area contributed by atoms with Gasteiger partial charge in [0, 0.05) is 28.7 Å². The first-order valence-electron chi connectivity index (χ1n) is 6.39. The van der Waals surface area contributed by atoms with E-state index in [1.54, 1.807) is 13.3 Å². The van der Waals surface area contributed by atoms with Crippen LogP contribution >= 0.6 is 15.9 Å². The summed E-state index contributed by atoms with van der Waals surface area (Å²) in [5.74, 6) is 1.60. The fourth-order valence-electron chi connectivity index (χ4n) is 2.37. The van der Waals surface area contributed by atoms with E-state index in [2.05, 4.69) is 20.9 Å². The highest BCUT2D eigenvalue weighted by atomic mass is 79.9. The van der Waals surface area contributed by atoms with E-state index >= 15 is 0 Å². The van der Waals surface area contributed by atoms with E-state index in [4.69, 9.17) is 15.2 Å². The van der Waals surface area contributed by atoms with Gasteiger partial charge >= 0.3 is 0 Å². The number of rotatable bonds is 2. The smallest absolute Gasteiger partial charge is 0.142 e. The van der Waals surface area contributed by atoms with Gasteiger partial charge in [-0.2, -0.15) is 0 Å². The Labute approximate surface area is 126 Å². The van der Waals surface area contributed by atoms with E-state index < -0.39 is 0 Å². The van der Waals surface area contributed by atoms with Crippen molar-refractivity contribution in [3.8, 4) is 11.5 Å². The minimum atomic E-state index is -0.112. The van der Waals surface area contributed by atoms with E-state index in [1.807, 2.05) is 30.3 Å². The number of hydrogen-bond donors (Lipinski definition) is 1. The van der Waals surface area contributed by atoms with Gasteiger partial charge in [-0.1, -0.05) is 0 Å². The quantitative estimate of drug-likeness (QED) is 0.914. The topological polar surface area (TPSA) is 57.4 Å². The first-order valence-corrected chi connectivity index (χ1v) is 7.18. The molecule has 104 valence electrons. The Morgan fingerprint density at radius 3 is 2.90 bits per heavy atom. The second kappa shape index (κ2) is 5.42. The Bertz CT molecular complexity index is 616. The molecule has 1 unspecified atom stereocenters. The fourth-order valence-corrected chi connectivity index (χ4v) is 2.60. The van der Waals surface area contributed by atoms with E-state index in [-0.39, 0.29) is 12.1 Å². The first kappa shape index (κ1) is 13.4. The van der Waals surface area contributed by atoms with Crippen LogP contribution in [0.15, 0.2) is 41.0 Å². The SMILES string of the molecule is COc1ccc2c(c1)[C@H](N)CC(c1ccc(Br)cn1)O2. The molecule has 1 aliphatic heterocycles. The van der Waals surface area contributed by atoms with Gasteiger partial charge in [0.25, 0.3) is 0 Å². The minimum absolute atomic E-state index is 0.0794. The van der Waals surface area contributed by atoms with Gasteiger partial charge in [-0.05, 0) is 46.3 Å². The highest BCUT2D eigenvalue weighted by molar-refractivity contribution is 9.10. The van der Waals surface area contributed by atoms with Crippen molar-refractivity contribution in [1.82, 2.24) is 4.98 Å². The van der Waals surface area contributed by atoms with Crippen LogP contribution in [0.25, 0.3) is 0 Å². The van der Waals surface area contributed by atoms with Crippen LogP contribution < -0.4 is 15.2 Å². The van der Waals surface area contributed by atoms with Crippen molar-refractivity contribution in [1.29, 1.82) is 0 Å². The molecule has 0 spiro atoms. The molecule has 0 bridgehead atoms. The van der Waals surface area contributed by atoms with Crippen LogP contribution in [0, 0.1) is 0 Å². The molecule has 2 aromatic rings. The maximum Gasteiger partial charge on any atom is 0.142 e. The zero-order chi connectivity index (χ0) is 14.1. The second-order valence-corrected chi connectivity index (χ2v) is 5.67. The minimum Gasteiger partial charge on any atom is -0.497 e. The third kappa shape index (κ3) is 2.51. The van der Waals surface area contributed by atoms with Gasteiger partial charge in [-0.15, -0.1) is 0 Å². The zero-order valence-electron chi connectivity index (χ0n) is 11.0. The van der Waals surface area contributed by atoms with Crippen LogP contribution in [0.2, 0.25) is 0 Å². The molecule has 2 atom stereocenters. The zero-order valence-corrected chi connectivity index (χ0v) is 12.6. The molecule has 0 fully saturated rings. The molecule has 0 aliphatic carbocycles. The van der Waals surface area contributed by atoms with E-state index in [1.165, 1.54) is 0 Å². The molecule has 5 heteroatoms. The first-order chi connectivity index (χ1) is 9.67. The van der Waals surface area contributed by atoms with Gasteiger partial charge in [0.1, 0.15) is 17.6 Å². The lowest BCUT2D eigenvalue weighted by Crippen LogP contribution is -2.24. The van der Waals surface area contributed by atoms with Crippen LogP contribution in [-0.2, 0) is 0 Å². The van der Waals surface area contributed by atoms with Crippen LogP contribution in [-0.4, -0.2) is 12.1 Å². The van der Waals surface area contributed by atoms with Gasteiger partial charge in [0.2, 0.25) is 0 Å². The van der Waals surface area contributed by atoms with Gasteiger partial charge in [0.05, 0.1) is 12.8 Å². The van der Waals surface area contributed by atoms with Crippen LogP contribution in [0.3, 0.4) is 0 Å². The van der Waals surface area contributed by atoms with Crippen molar-refractivity contribution in [2.24, 2.45) is 5.73 Å². The van der Waals surface area contributed by atoms with Gasteiger partial charge in [-0.25, -0.2) is 0 Å². The number of aromatic nitrogens is 1. The molecule has 20 heavy (non-hydrogen) atoms. The number of halogens is 1. The Balaban J connectivity index is 1.90. The normalized spacial score (nSPS) is 20.9. The maximum atomic E-state index is 6.25. The van der Waals surface area contributed by atoms with Crippen molar-refractivity contribution < 1.29 is 9.47 Å². The lowest BCUT2D eigenvalue weighted by Gasteiger charge is -2.30. The molecule has 1 aliphatic rings. The summed E-state index contributed by atoms with van der Waals surface area (Å²) in [7, 11) is 1.64. The van der Waals surface area contributed by atoms with Crippen LogP contribution in [0.5, 0.6) is 11.5 Å². The summed E-state index contributed by atoms with van der Waals surface area (Å²) in [6.07, 6.45) is 2.36. The molecule has 4 nitrogen and oxygen atoms in total. The molecule has 0 saturated heterocycles. The lowest BCUT2D eigenvalue weighted by molar-refractivity contribution is 0.157. The predicted octanol–water partition coefficient (Wildman–Crippen LogP) is 3.38. The van der Waals surface area contributed by atoms with Gasteiger partial charge in [-0.3, -0.25) is 4.98 Å². The number of benzene rings is 1. The number of fused-ring (bicyclic) bond motifs is 1. The van der Waals surface area contributed by atoms with Crippen molar-refractivity contribution >= 4 is 15.9 Å². The number of nitrogens with zero attached hydrogens (tertiary/aromatic N) is 1. The largest absolute Gasteiger partial charge is 0.497 e. The van der Waals surface area contributed by atoms with Crippen LogP contribution in [0.4, 0.5) is 0 Å². The van der Waals surface area contributed by atoms with Crippen molar-refractivity contribution in [3.63, 3.8) is 0 Å². The maximum absolute atomic E-state index is 6.25. The number of ether oxygens (including phenoxy) is 2. The average molecular weight is 335 g/mol. The summed E-state index contributed by atoms with van der Waals surface area (Å²) >= 11 is 3.38. The highest BCUT2D eigenvalue weighted by Crippen LogP contribution is 2.40. The Morgan fingerprint density at radius 1 is 1.35 bits per heavy atom. The predicted molar refractivity (Wildman–Crippen MR) is 79.8 cm³/mol. The molecule has 3 rings (SSSR count). The summed E-state index contributed by atoms with van der Waals surface area (Å²) in [6.45, 7) is 0. The lowest BCUT2D eigenvalue weighted by atomic mass is 9.95. The van der Waals surface area contributed by atoms with Gasteiger partial charge < -0.3 is 15.2 Å². The third-order valence-corrected chi connectivity index (χ3v) is 3.90. The van der Waals surface area contributed by atoms with Crippen molar-refractivity contribution in [2.75, 3.05) is 7.11 Å². The Hall–Kier alpha value is -1.59. The summed E-state index contributed by atoms with van der Waals surface area (Å²) in [5, 5.41) is 0. The summed E-state index contributed by atoms with van der Waals surface area (Å²) in [4.78, 5) is 4.39. The van der Waals surface area contributed by atoms with E-state index in [9.17, 15) is 0 Å².